The van der Waals surface area contributed by atoms with Crippen LogP contribution in [0.1, 0.15) is 51.2 Å². The van der Waals surface area contributed by atoms with Gasteiger partial charge in [0.15, 0.2) is 11.9 Å². The van der Waals surface area contributed by atoms with E-state index in [0.29, 0.717) is 16.2 Å². The summed E-state index contributed by atoms with van der Waals surface area (Å²) < 4.78 is 5.52. The molecule has 0 saturated carbocycles. The molecule has 0 spiro atoms. The quantitative estimate of drug-likeness (QED) is 0.601. The highest BCUT2D eigenvalue weighted by molar-refractivity contribution is 7.14. The molecular weight excluding hydrogens is 352 g/mol. The zero-order valence-electron chi connectivity index (χ0n) is 15.2. The number of aryl methyl sites for hydroxylation is 2. The van der Waals surface area contributed by atoms with Crippen molar-refractivity contribution in [1.82, 2.24) is 10.9 Å². The van der Waals surface area contributed by atoms with Crippen molar-refractivity contribution in [2.24, 2.45) is 0 Å². The number of rotatable bonds is 6. The van der Waals surface area contributed by atoms with E-state index in [4.69, 9.17) is 4.74 Å². The number of hydrogen-bond acceptors (Lipinski definition) is 5. The van der Waals surface area contributed by atoms with Gasteiger partial charge < -0.3 is 4.74 Å². The van der Waals surface area contributed by atoms with Crippen molar-refractivity contribution in [3.8, 4) is 5.75 Å². The van der Waals surface area contributed by atoms with Gasteiger partial charge in [-0.15, -0.1) is 11.3 Å². The van der Waals surface area contributed by atoms with Crippen LogP contribution in [0.2, 0.25) is 0 Å². The van der Waals surface area contributed by atoms with Crippen molar-refractivity contribution in [1.29, 1.82) is 0 Å². The molecule has 2 amide bonds. The molecule has 2 aromatic rings. The molecule has 1 aromatic heterocycles. The smallest absolute Gasteiger partial charge is 0.279 e. The maximum atomic E-state index is 12.1. The molecule has 0 aliphatic carbocycles. The van der Waals surface area contributed by atoms with Crippen LogP contribution in [0.4, 0.5) is 0 Å². The third-order valence-electron chi connectivity index (χ3n) is 3.81. The summed E-state index contributed by atoms with van der Waals surface area (Å²) in [4.78, 5) is 37.2. The number of carbonyl (C=O) groups is 3. The molecule has 1 heterocycles. The minimum Gasteiger partial charge on any atom is -0.481 e. The van der Waals surface area contributed by atoms with Gasteiger partial charge in [0.05, 0.1) is 4.88 Å². The van der Waals surface area contributed by atoms with Crippen LogP contribution in [-0.4, -0.2) is 23.7 Å². The van der Waals surface area contributed by atoms with Crippen LogP contribution in [-0.2, 0) is 11.2 Å². The number of nitrogens with one attached hydrogen (secondary N) is 2. The van der Waals surface area contributed by atoms with Crippen LogP contribution < -0.4 is 15.6 Å². The monoisotopic (exact) mass is 374 g/mol. The van der Waals surface area contributed by atoms with Gasteiger partial charge in [-0.2, -0.15) is 0 Å². The van der Waals surface area contributed by atoms with E-state index in [1.165, 1.54) is 18.3 Å². The van der Waals surface area contributed by atoms with Gasteiger partial charge in [0, 0.05) is 10.4 Å². The highest BCUT2D eigenvalue weighted by atomic mass is 32.1. The second kappa shape index (κ2) is 8.62. The van der Waals surface area contributed by atoms with E-state index in [2.05, 4.69) is 10.9 Å². The molecule has 2 rings (SSSR count). The SMILES string of the molecule is CCc1sc(C(=O)NNC(=O)C(C)Oc2ccc(C(C)=O)cc2)cc1C. The minimum absolute atomic E-state index is 0.0416. The van der Waals surface area contributed by atoms with Crippen LogP contribution in [0.15, 0.2) is 30.3 Å². The van der Waals surface area contributed by atoms with Gasteiger partial charge >= 0.3 is 0 Å². The van der Waals surface area contributed by atoms with E-state index < -0.39 is 12.0 Å². The Morgan fingerprint density at radius 1 is 1.15 bits per heavy atom. The molecule has 0 bridgehead atoms. The lowest BCUT2D eigenvalue weighted by Gasteiger charge is -2.15. The van der Waals surface area contributed by atoms with Gasteiger partial charge in [0.1, 0.15) is 5.75 Å². The van der Waals surface area contributed by atoms with Crippen molar-refractivity contribution in [2.75, 3.05) is 0 Å². The summed E-state index contributed by atoms with van der Waals surface area (Å²) in [5, 5.41) is 0. The molecule has 0 aliphatic rings. The van der Waals surface area contributed by atoms with E-state index in [0.717, 1.165) is 16.9 Å². The Labute approximate surface area is 156 Å². The summed E-state index contributed by atoms with van der Waals surface area (Å²) in [6.45, 7) is 7.04. The normalized spacial score (nSPS) is 11.5. The molecule has 6 nitrogen and oxygen atoms in total. The first-order chi connectivity index (χ1) is 12.3. The van der Waals surface area contributed by atoms with Gasteiger partial charge in [-0.3, -0.25) is 25.2 Å². The van der Waals surface area contributed by atoms with Crippen LogP contribution in [0, 0.1) is 6.92 Å². The average Bonchev–Trinajstić information content (AvgIpc) is 3.00. The molecule has 2 N–H and O–H groups in total. The molecule has 26 heavy (non-hydrogen) atoms. The molecular formula is C19H22N2O4S. The number of thiophene rings is 1. The Hall–Kier alpha value is -2.67. The standard InChI is InChI=1S/C19H22N2O4S/c1-5-16-11(2)10-17(26-16)19(24)21-20-18(23)13(4)25-15-8-6-14(7-9-15)12(3)22/h6-10,13H,5H2,1-4H3,(H,20,23)(H,21,24). The molecule has 0 aliphatic heterocycles. The first-order valence-electron chi connectivity index (χ1n) is 8.29. The number of hydrazine groups is 1. The lowest BCUT2D eigenvalue weighted by atomic mass is 10.1. The summed E-state index contributed by atoms with van der Waals surface area (Å²) in [5.74, 6) is -0.410. The molecule has 0 fully saturated rings. The summed E-state index contributed by atoms with van der Waals surface area (Å²) in [6.07, 6.45) is 0.0541. The van der Waals surface area contributed by atoms with Gasteiger partial charge in [-0.25, -0.2) is 0 Å². The Morgan fingerprint density at radius 3 is 2.35 bits per heavy atom. The van der Waals surface area contributed by atoms with Crippen molar-refractivity contribution in [3.63, 3.8) is 0 Å². The third-order valence-corrected chi connectivity index (χ3v) is 5.19. The van der Waals surface area contributed by atoms with Crippen LogP contribution in [0.3, 0.4) is 0 Å². The fourth-order valence-electron chi connectivity index (χ4n) is 2.29. The second-order valence-electron chi connectivity index (χ2n) is 5.85. The number of Topliss-reactive ketones (excluding diaryl/α,β-unsaturated/α-hetero) is 1. The minimum atomic E-state index is -0.810. The molecule has 1 aromatic carbocycles. The summed E-state index contributed by atoms with van der Waals surface area (Å²) >= 11 is 1.41. The fraction of sp³-hybridized carbons (Fsp3) is 0.316. The predicted octanol–water partition coefficient (Wildman–Crippen LogP) is 3.05. The van der Waals surface area contributed by atoms with E-state index in [9.17, 15) is 14.4 Å². The fourth-order valence-corrected chi connectivity index (χ4v) is 3.30. The number of hydrogen-bond donors (Lipinski definition) is 2. The second-order valence-corrected chi connectivity index (χ2v) is 6.99. The zero-order chi connectivity index (χ0) is 19.3. The maximum Gasteiger partial charge on any atom is 0.279 e. The highest BCUT2D eigenvalue weighted by Crippen LogP contribution is 2.22. The molecule has 0 radical (unpaired) electrons. The van der Waals surface area contributed by atoms with Crippen LogP contribution in [0.5, 0.6) is 5.75 Å². The number of benzene rings is 1. The van der Waals surface area contributed by atoms with Gasteiger partial charge in [-0.1, -0.05) is 6.92 Å². The Kier molecular flexibility index (Phi) is 6.52. The van der Waals surface area contributed by atoms with Crippen molar-refractivity contribution >= 4 is 28.9 Å². The molecule has 7 heteroatoms. The Bertz CT molecular complexity index is 811. The van der Waals surface area contributed by atoms with Gasteiger partial charge in [0.25, 0.3) is 11.8 Å². The largest absolute Gasteiger partial charge is 0.481 e. The number of amides is 2. The predicted molar refractivity (Wildman–Crippen MR) is 101 cm³/mol. The lowest BCUT2D eigenvalue weighted by molar-refractivity contribution is -0.128. The topological polar surface area (TPSA) is 84.5 Å². The molecule has 0 saturated heterocycles. The van der Waals surface area contributed by atoms with E-state index in [1.807, 2.05) is 19.9 Å². The van der Waals surface area contributed by atoms with Gasteiger partial charge in [-0.05, 0) is 63.1 Å². The van der Waals surface area contributed by atoms with Crippen molar-refractivity contribution in [3.05, 3.63) is 51.2 Å². The van der Waals surface area contributed by atoms with E-state index in [1.54, 1.807) is 31.2 Å². The maximum absolute atomic E-state index is 12.1. The van der Waals surface area contributed by atoms with Crippen LogP contribution in [0.25, 0.3) is 0 Å². The summed E-state index contributed by atoms with van der Waals surface area (Å²) in [5.41, 5.74) is 6.41. The highest BCUT2D eigenvalue weighted by Gasteiger charge is 2.17. The van der Waals surface area contributed by atoms with Crippen molar-refractivity contribution in [2.45, 2.75) is 40.2 Å². The molecule has 1 atom stereocenters. The van der Waals surface area contributed by atoms with Gasteiger partial charge in [0.2, 0.25) is 0 Å². The van der Waals surface area contributed by atoms with Crippen molar-refractivity contribution < 1.29 is 19.1 Å². The Morgan fingerprint density at radius 2 is 1.81 bits per heavy atom. The summed E-state index contributed by atoms with van der Waals surface area (Å²) in [6, 6.07) is 8.32. The first kappa shape index (κ1) is 19.7. The lowest BCUT2D eigenvalue weighted by Crippen LogP contribution is -2.47. The van der Waals surface area contributed by atoms with Crippen LogP contribution >= 0.6 is 11.3 Å². The first-order valence-corrected chi connectivity index (χ1v) is 9.10. The molecule has 1 unspecified atom stereocenters. The average molecular weight is 374 g/mol. The zero-order valence-corrected chi connectivity index (χ0v) is 16.0. The Balaban J connectivity index is 1.88. The summed E-state index contributed by atoms with van der Waals surface area (Å²) in [7, 11) is 0. The van der Waals surface area contributed by atoms with E-state index >= 15 is 0 Å². The third kappa shape index (κ3) is 4.92. The number of ketones is 1. The molecule has 138 valence electrons. The number of carbonyl (C=O) groups excluding carboxylic acids is 3. The number of ether oxygens (including phenoxy) is 1. The van der Waals surface area contributed by atoms with E-state index in [-0.39, 0.29) is 11.7 Å².